The minimum Gasteiger partial charge on any atom is -0.463 e. The predicted octanol–water partition coefficient (Wildman–Crippen LogP) is 3.38. The third-order valence-electron chi connectivity index (χ3n) is 8.13. The topological polar surface area (TPSA) is 238 Å². The third-order valence-corrected chi connectivity index (χ3v) is 9.59. The molecule has 294 valence electrons. The van der Waals surface area contributed by atoms with E-state index in [1.54, 1.807) is 6.92 Å². The Morgan fingerprint density at radius 3 is 1.94 bits per heavy atom. The average molecular weight is 786 g/mol. The Morgan fingerprint density at radius 1 is 0.815 bits per heavy atom. The van der Waals surface area contributed by atoms with E-state index in [1.165, 1.54) is 0 Å². The summed E-state index contributed by atoms with van der Waals surface area (Å²) in [4.78, 5) is 76.0. The van der Waals surface area contributed by atoms with Crippen molar-refractivity contribution in [2.45, 2.75) is 102 Å². The summed E-state index contributed by atoms with van der Waals surface area (Å²) in [6, 6.07) is 1.54. The van der Waals surface area contributed by atoms with Gasteiger partial charge >= 0.3 is 35.5 Å². The number of hydrogen-bond acceptors (Lipinski definition) is 17. The van der Waals surface area contributed by atoms with Crippen molar-refractivity contribution in [2.75, 3.05) is 13.2 Å². The van der Waals surface area contributed by atoms with Crippen LogP contribution in [0.5, 0.6) is 0 Å². The zero-order chi connectivity index (χ0) is 39.9. The van der Waals surface area contributed by atoms with Crippen LogP contribution in [-0.2, 0) is 68.5 Å². The Bertz CT molecular complexity index is 1860. The summed E-state index contributed by atoms with van der Waals surface area (Å²) in [5.41, 5.74) is 5.72. The van der Waals surface area contributed by atoms with E-state index in [2.05, 4.69) is 10.0 Å². The normalized spacial score (nSPS) is 27.9. The van der Waals surface area contributed by atoms with E-state index in [-0.39, 0.29) is 16.5 Å². The molecule has 0 amide bonds. The Hall–Kier alpha value is -4.82. The van der Waals surface area contributed by atoms with Crippen LogP contribution in [0.4, 0.5) is 8.78 Å². The van der Waals surface area contributed by atoms with Gasteiger partial charge < -0.3 is 42.3 Å². The minimum atomic E-state index is -1.44. The van der Waals surface area contributed by atoms with Gasteiger partial charge in [0.05, 0.1) is 17.6 Å². The molecule has 1 aromatic heterocycles. The predicted molar refractivity (Wildman–Crippen MR) is 178 cm³/mol. The molecule has 0 aliphatic carbocycles. The van der Waals surface area contributed by atoms with Gasteiger partial charge in [0.2, 0.25) is 0 Å². The van der Waals surface area contributed by atoms with Crippen molar-refractivity contribution >= 4 is 52.6 Å². The Morgan fingerprint density at radius 2 is 1.37 bits per heavy atom. The fourth-order valence-corrected chi connectivity index (χ4v) is 7.34. The molecule has 2 aliphatic heterocycles. The molecule has 3 heterocycles. The van der Waals surface area contributed by atoms with Crippen LogP contribution in [0.25, 0.3) is 21.4 Å². The number of thioether (sulfide) groups is 1. The van der Waals surface area contributed by atoms with E-state index in [1.807, 2.05) is 0 Å². The molecule has 54 heavy (non-hydrogen) atoms. The maximum atomic E-state index is 14.6. The number of halogens is 2. The van der Waals surface area contributed by atoms with Gasteiger partial charge in [-0.1, -0.05) is 23.8 Å². The van der Waals surface area contributed by atoms with E-state index >= 15 is 0 Å². The largest absolute Gasteiger partial charge is 0.463 e. The highest BCUT2D eigenvalue weighted by Gasteiger charge is 2.54. The van der Waals surface area contributed by atoms with Gasteiger partial charge in [0, 0.05) is 45.4 Å². The van der Waals surface area contributed by atoms with Gasteiger partial charge in [0.15, 0.2) is 17.7 Å². The average Bonchev–Trinajstić information content (AvgIpc) is 3.08. The van der Waals surface area contributed by atoms with Crippen LogP contribution in [0.2, 0.25) is 0 Å². The molecule has 2 saturated heterocycles. The summed E-state index contributed by atoms with van der Waals surface area (Å²) in [5.74, 6) is -7.14. The second-order valence-corrected chi connectivity index (χ2v) is 13.4. The summed E-state index contributed by atoms with van der Waals surface area (Å²) in [5, 5.41) is 3.41. The van der Waals surface area contributed by atoms with Gasteiger partial charge in [-0.3, -0.25) is 24.0 Å². The summed E-state index contributed by atoms with van der Waals surface area (Å²) in [7, 11) is 0. The van der Waals surface area contributed by atoms with E-state index < -0.39 is 126 Å². The van der Waals surface area contributed by atoms with Crippen molar-refractivity contribution < 1.29 is 75.1 Å². The van der Waals surface area contributed by atoms with Gasteiger partial charge in [-0.05, 0) is 23.7 Å². The Balaban J connectivity index is 1.74. The first-order valence-corrected chi connectivity index (χ1v) is 17.3. The minimum absolute atomic E-state index is 0.213. The van der Waals surface area contributed by atoms with E-state index in [0.717, 1.165) is 64.6 Å². The second-order valence-electron chi connectivity index (χ2n) is 12.2. The molecule has 2 aromatic rings. The molecule has 18 nitrogen and oxygen atoms in total. The number of rotatable bonds is 13. The van der Waals surface area contributed by atoms with Crippen molar-refractivity contribution in [3.8, 4) is 0 Å². The number of hydrogen-bond donors (Lipinski definition) is 0. The number of ether oxygens (including phenoxy) is 8. The first-order valence-electron chi connectivity index (χ1n) is 16.3. The van der Waals surface area contributed by atoms with Crippen LogP contribution in [0.1, 0.15) is 47.1 Å². The highest BCUT2D eigenvalue weighted by Crippen LogP contribution is 2.43. The van der Waals surface area contributed by atoms with Crippen molar-refractivity contribution in [1.82, 2.24) is 0 Å². The van der Waals surface area contributed by atoms with Crippen LogP contribution in [-0.4, -0.2) is 96.6 Å². The molecule has 1 aromatic carbocycles. The molecule has 0 bridgehead atoms. The molecule has 10 atom stereocenters. The van der Waals surface area contributed by atoms with Crippen molar-refractivity contribution in [2.24, 2.45) is 11.0 Å². The van der Waals surface area contributed by atoms with Gasteiger partial charge in [-0.25, -0.2) is 13.6 Å². The lowest BCUT2D eigenvalue weighted by Gasteiger charge is -2.48. The molecule has 0 N–H and O–H groups in total. The molecular formula is C33H37F2N3O15S. The maximum Gasteiger partial charge on any atom is 0.341 e. The number of carbonyl (C=O) groups excluding carboxylic acids is 5. The highest BCUT2D eigenvalue weighted by molar-refractivity contribution is 8.00. The van der Waals surface area contributed by atoms with Crippen molar-refractivity contribution in [3.05, 3.63) is 56.3 Å². The van der Waals surface area contributed by atoms with Gasteiger partial charge in [0.1, 0.15) is 66.2 Å². The molecule has 5 unspecified atom stereocenters. The lowest BCUT2D eigenvalue weighted by Crippen LogP contribution is -2.61. The maximum absolute atomic E-state index is 14.6. The summed E-state index contributed by atoms with van der Waals surface area (Å²) in [6.45, 7) is 5.60. The smallest absolute Gasteiger partial charge is 0.341 e. The second kappa shape index (κ2) is 18.5. The molecule has 2 fully saturated rings. The van der Waals surface area contributed by atoms with Crippen LogP contribution in [0.15, 0.2) is 32.5 Å². The molecule has 0 spiro atoms. The number of carbonyl (C=O) groups is 5. The number of azide groups is 1. The number of nitrogens with zero attached hydrogens (tertiary/aromatic N) is 3. The lowest BCUT2D eigenvalue weighted by molar-refractivity contribution is -0.221. The summed E-state index contributed by atoms with van der Waals surface area (Å²) >= 11 is 0.863. The molecule has 2 aliphatic rings. The molecular weight excluding hydrogens is 748 g/mol. The third kappa shape index (κ3) is 10.4. The molecule has 21 heteroatoms. The number of fused-ring (bicyclic) bond motifs is 1. The summed E-state index contributed by atoms with van der Waals surface area (Å²) < 4.78 is 79.3. The number of esters is 5. The van der Waals surface area contributed by atoms with Crippen LogP contribution < -0.4 is 5.63 Å². The van der Waals surface area contributed by atoms with Crippen LogP contribution in [0, 0.1) is 17.6 Å². The quantitative estimate of drug-likeness (QED) is 0.0706. The Kier molecular flexibility index (Phi) is 14.3. The number of benzene rings is 1. The standard InChI is InChI=1S/C33H37F2N3O15S/c1-13-27(47-10-19-9-20-22(51-31(19)44)8-7-21(34)25(20)35)29(49-17(5)42)24(12-46-15(3)40)52-32(13)54-33-30(50-18(6)43)26(37-38-36)28(48-16(4)41)23(53-33)11-45-14(2)39/h7-9,13,23-24,26-30,32-33H,10-12H2,1-6H3/t13-,23?,24-,26+,27?,28+,29?,30?,32?,33+/m1/s1. The molecule has 0 saturated carbocycles. The zero-order valence-corrected chi connectivity index (χ0v) is 30.6. The van der Waals surface area contributed by atoms with Crippen molar-refractivity contribution in [3.63, 3.8) is 0 Å². The van der Waals surface area contributed by atoms with E-state index in [4.69, 9.17) is 42.3 Å². The van der Waals surface area contributed by atoms with Gasteiger partial charge in [-0.2, -0.15) is 0 Å². The fourth-order valence-electron chi connectivity index (χ4n) is 5.88. The molecule has 0 radical (unpaired) electrons. The first kappa shape index (κ1) is 41.9. The van der Waals surface area contributed by atoms with Gasteiger partial charge in [-0.15, -0.1) is 0 Å². The van der Waals surface area contributed by atoms with E-state index in [9.17, 15) is 43.1 Å². The van der Waals surface area contributed by atoms with E-state index in [0.29, 0.717) is 0 Å². The lowest BCUT2D eigenvalue weighted by atomic mass is 9.93. The fraction of sp³-hybridized carbons (Fsp3) is 0.576. The first-order chi connectivity index (χ1) is 25.5. The zero-order valence-electron chi connectivity index (χ0n) is 29.8. The molecule has 4 rings (SSSR count). The van der Waals surface area contributed by atoms with Gasteiger partial charge in [0.25, 0.3) is 0 Å². The monoisotopic (exact) mass is 785 g/mol. The SMILES string of the molecule is CC(=O)OCC1O[C@@H](SC2O[C@H](COC(C)=O)C(OC(C)=O)C(OCc3cc4c(F)c(F)ccc4oc3=O)[C@H]2C)C(OC(C)=O)[C@@H](N=[N+]=[N-])[C@H]1OC(C)=O. The van der Waals surface area contributed by atoms with Crippen LogP contribution in [0.3, 0.4) is 0 Å². The highest BCUT2D eigenvalue weighted by atomic mass is 32.2. The van der Waals surface area contributed by atoms with Crippen LogP contribution >= 0.6 is 11.8 Å². The van der Waals surface area contributed by atoms with Crippen molar-refractivity contribution in [1.29, 1.82) is 0 Å². The Labute approximate surface area is 309 Å². The summed E-state index contributed by atoms with van der Waals surface area (Å²) in [6.07, 6.45) is -7.78.